The van der Waals surface area contributed by atoms with E-state index in [0.29, 0.717) is 5.92 Å². The normalized spacial score (nSPS) is 19.0. The van der Waals surface area contributed by atoms with Crippen molar-refractivity contribution in [1.82, 2.24) is 0 Å². The highest BCUT2D eigenvalue weighted by Gasteiger charge is 2.22. The van der Waals surface area contributed by atoms with E-state index >= 15 is 0 Å². The van der Waals surface area contributed by atoms with Gasteiger partial charge in [-0.05, 0) is 24.5 Å². The zero-order valence-corrected chi connectivity index (χ0v) is 8.57. The summed E-state index contributed by atoms with van der Waals surface area (Å²) in [6, 6.07) is 8.79. The van der Waals surface area contributed by atoms with Crippen molar-refractivity contribution in [3.05, 3.63) is 35.4 Å². The number of rotatable bonds is 3. The highest BCUT2D eigenvalue weighted by Crippen LogP contribution is 2.27. The molecule has 76 valence electrons. The summed E-state index contributed by atoms with van der Waals surface area (Å²) in [5.74, 6) is 0.602. The van der Waals surface area contributed by atoms with Crippen molar-refractivity contribution in [2.45, 2.75) is 25.3 Å². The van der Waals surface area contributed by atoms with Crippen LogP contribution in [0.5, 0.6) is 0 Å². The molecule has 1 aromatic carbocycles. The molecule has 0 amide bonds. The number of nitrogens with two attached hydrogens (primary N) is 1. The van der Waals surface area contributed by atoms with E-state index in [2.05, 4.69) is 24.3 Å². The minimum Gasteiger partial charge on any atom is -0.380 e. The van der Waals surface area contributed by atoms with Gasteiger partial charge in [-0.3, -0.25) is 0 Å². The van der Waals surface area contributed by atoms with E-state index in [9.17, 15) is 0 Å². The van der Waals surface area contributed by atoms with Gasteiger partial charge in [0.15, 0.2) is 0 Å². The standard InChI is InChI=1S/C12H17NO/c1-9(13)6-10-4-2-3-5-12(10)11-7-14-8-11/h2-5,9,11H,6-8,13H2,1H3. The summed E-state index contributed by atoms with van der Waals surface area (Å²) in [5, 5.41) is 0. The zero-order chi connectivity index (χ0) is 9.97. The molecule has 1 unspecified atom stereocenters. The molecule has 0 saturated carbocycles. The van der Waals surface area contributed by atoms with Crippen molar-refractivity contribution in [2.24, 2.45) is 5.73 Å². The summed E-state index contributed by atoms with van der Waals surface area (Å²) in [7, 11) is 0. The molecule has 0 spiro atoms. The fourth-order valence-electron chi connectivity index (χ4n) is 1.88. The van der Waals surface area contributed by atoms with Crippen LogP contribution < -0.4 is 5.73 Å². The van der Waals surface area contributed by atoms with Crippen molar-refractivity contribution in [1.29, 1.82) is 0 Å². The van der Waals surface area contributed by atoms with Crippen LogP contribution >= 0.6 is 0 Å². The lowest BCUT2D eigenvalue weighted by Crippen LogP contribution is -2.27. The van der Waals surface area contributed by atoms with E-state index < -0.39 is 0 Å². The maximum absolute atomic E-state index is 5.82. The molecule has 1 aromatic rings. The topological polar surface area (TPSA) is 35.2 Å². The highest BCUT2D eigenvalue weighted by molar-refractivity contribution is 5.32. The molecule has 0 radical (unpaired) electrons. The Hall–Kier alpha value is -0.860. The van der Waals surface area contributed by atoms with Gasteiger partial charge in [0.25, 0.3) is 0 Å². The molecular weight excluding hydrogens is 174 g/mol. The molecule has 1 heterocycles. The van der Waals surface area contributed by atoms with Crippen LogP contribution in [0.15, 0.2) is 24.3 Å². The lowest BCUT2D eigenvalue weighted by Gasteiger charge is -2.28. The Kier molecular flexibility index (Phi) is 2.85. The first-order chi connectivity index (χ1) is 6.77. The molecular formula is C12H17NO. The van der Waals surface area contributed by atoms with E-state index in [1.54, 1.807) is 0 Å². The fraction of sp³-hybridized carbons (Fsp3) is 0.500. The second-order valence-corrected chi connectivity index (χ2v) is 4.11. The average molecular weight is 191 g/mol. The van der Waals surface area contributed by atoms with E-state index in [1.807, 2.05) is 6.92 Å². The summed E-state index contributed by atoms with van der Waals surface area (Å²) < 4.78 is 5.22. The zero-order valence-electron chi connectivity index (χ0n) is 8.57. The molecule has 2 rings (SSSR count). The quantitative estimate of drug-likeness (QED) is 0.789. The van der Waals surface area contributed by atoms with Crippen molar-refractivity contribution in [2.75, 3.05) is 13.2 Å². The lowest BCUT2D eigenvalue weighted by atomic mass is 9.90. The molecule has 1 atom stereocenters. The van der Waals surface area contributed by atoms with E-state index in [4.69, 9.17) is 10.5 Å². The summed E-state index contributed by atoms with van der Waals surface area (Å²) >= 11 is 0. The van der Waals surface area contributed by atoms with Crippen molar-refractivity contribution < 1.29 is 4.74 Å². The van der Waals surface area contributed by atoms with Crippen LogP contribution in [-0.2, 0) is 11.2 Å². The third-order valence-electron chi connectivity index (χ3n) is 2.67. The van der Waals surface area contributed by atoms with Crippen molar-refractivity contribution in [3.8, 4) is 0 Å². The van der Waals surface area contributed by atoms with Crippen LogP contribution in [0.25, 0.3) is 0 Å². The summed E-state index contributed by atoms with van der Waals surface area (Å²) in [6.07, 6.45) is 0.965. The monoisotopic (exact) mass is 191 g/mol. The maximum Gasteiger partial charge on any atom is 0.0557 e. The van der Waals surface area contributed by atoms with Gasteiger partial charge in [0.2, 0.25) is 0 Å². The van der Waals surface area contributed by atoms with Crippen molar-refractivity contribution >= 4 is 0 Å². The minimum atomic E-state index is 0.233. The Morgan fingerprint density at radius 2 is 2.14 bits per heavy atom. The number of hydrogen-bond acceptors (Lipinski definition) is 2. The Morgan fingerprint density at radius 3 is 2.71 bits per heavy atom. The van der Waals surface area contributed by atoms with Gasteiger partial charge in [0, 0.05) is 12.0 Å². The van der Waals surface area contributed by atoms with E-state index in [0.717, 1.165) is 19.6 Å². The molecule has 0 aromatic heterocycles. The average Bonchev–Trinajstić information content (AvgIpc) is 2.04. The van der Waals surface area contributed by atoms with Gasteiger partial charge in [-0.2, -0.15) is 0 Å². The van der Waals surface area contributed by atoms with Gasteiger partial charge >= 0.3 is 0 Å². The van der Waals surface area contributed by atoms with Crippen LogP contribution in [0.4, 0.5) is 0 Å². The molecule has 1 aliphatic heterocycles. The Bertz CT molecular complexity index is 305. The van der Waals surface area contributed by atoms with Gasteiger partial charge in [-0.15, -0.1) is 0 Å². The summed E-state index contributed by atoms with van der Waals surface area (Å²) in [4.78, 5) is 0. The first-order valence-corrected chi connectivity index (χ1v) is 5.18. The second-order valence-electron chi connectivity index (χ2n) is 4.11. The first-order valence-electron chi connectivity index (χ1n) is 5.18. The van der Waals surface area contributed by atoms with Gasteiger partial charge in [-0.25, -0.2) is 0 Å². The predicted molar refractivity (Wildman–Crippen MR) is 57.4 cm³/mol. The molecule has 2 heteroatoms. The van der Waals surface area contributed by atoms with Crippen LogP contribution in [0.2, 0.25) is 0 Å². The number of hydrogen-bond donors (Lipinski definition) is 1. The van der Waals surface area contributed by atoms with Gasteiger partial charge in [0.1, 0.15) is 0 Å². The fourth-order valence-corrected chi connectivity index (χ4v) is 1.88. The molecule has 1 aliphatic rings. The maximum atomic E-state index is 5.82. The third-order valence-corrected chi connectivity index (χ3v) is 2.67. The molecule has 0 bridgehead atoms. The summed E-state index contributed by atoms with van der Waals surface area (Å²) in [6.45, 7) is 3.79. The number of benzene rings is 1. The van der Waals surface area contributed by atoms with E-state index in [1.165, 1.54) is 11.1 Å². The third kappa shape index (κ3) is 1.97. The van der Waals surface area contributed by atoms with Gasteiger partial charge < -0.3 is 10.5 Å². The largest absolute Gasteiger partial charge is 0.380 e. The Morgan fingerprint density at radius 1 is 1.43 bits per heavy atom. The van der Waals surface area contributed by atoms with Crippen LogP contribution in [0.1, 0.15) is 24.0 Å². The molecule has 14 heavy (non-hydrogen) atoms. The smallest absolute Gasteiger partial charge is 0.0557 e. The van der Waals surface area contributed by atoms with E-state index in [-0.39, 0.29) is 6.04 Å². The molecule has 1 fully saturated rings. The van der Waals surface area contributed by atoms with Crippen LogP contribution in [-0.4, -0.2) is 19.3 Å². The molecule has 2 N–H and O–H groups in total. The van der Waals surface area contributed by atoms with Crippen LogP contribution in [0.3, 0.4) is 0 Å². The summed E-state index contributed by atoms with van der Waals surface area (Å²) in [5.41, 5.74) is 8.63. The lowest BCUT2D eigenvalue weighted by molar-refractivity contribution is 0.00805. The van der Waals surface area contributed by atoms with Crippen LogP contribution in [0, 0.1) is 0 Å². The predicted octanol–water partition coefficient (Wildman–Crippen LogP) is 1.69. The highest BCUT2D eigenvalue weighted by atomic mass is 16.5. The molecule has 1 saturated heterocycles. The molecule has 0 aliphatic carbocycles. The van der Waals surface area contributed by atoms with Gasteiger partial charge in [0.05, 0.1) is 13.2 Å². The number of ether oxygens (including phenoxy) is 1. The second kappa shape index (κ2) is 4.11. The Labute approximate surface area is 85.1 Å². The first kappa shape index (κ1) is 9.69. The SMILES string of the molecule is CC(N)Cc1ccccc1C1COC1. The molecule has 2 nitrogen and oxygen atoms in total. The Balaban J connectivity index is 2.19. The minimum absolute atomic E-state index is 0.233. The van der Waals surface area contributed by atoms with Gasteiger partial charge in [-0.1, -0.05) is 24.3 Å². The van der Waals surface area contributed by atoms with Crippen molar-refractivity contribution in [3.63, 3.8) is 0 Å².